The van der Waals surface area contributed by atoms with Gasteiger partial charge in [-0.15, -0.1) is 0 Å². The molecule has 0 saturated heterocycles. The summed E-state index contributed by atoms with van der Waals surface area (Å²) in [5, 5.41) is 4.68. The van der Waals surface area contributed by atoms with Gasteiger partial charge in [-0.05, 0) is 6.42 Å². The van der Waals surface area contributed by atoms with Crippen molar-refractivity contribution in [2.75, 3.05) is 26.9 Å². The summed E-state index contributed by atoms with van der Waals surface area (Å²) in [5.41, 5.74) is 1.97. The van der Waals surface area contributed by atoms with Gasteiger partial charge in [-0.3, -0.25) is 4.79 Å². The molecule has 236 valence electrons. The first kappa shape index (κ1) is 36.7. The van der Waals surface area contributed by atoms with E-state index < -0.39 is 24.3 Å². The Bertz CT molecular complexity index is 777. The average molecular weight is 600 g/mol. The molecule has 1 aromatic rings. The van der Waals surface area contributed by atoms with E-state index in [0.29, 0.717) is 19.5 Å². The molecule has 0 spiro atoms. The lowest BCUT2D eigenvalue weighted by Gasteiger charge is -2.17. The number of aryl methyl sites for hydroxylation is 1. The zero-order chi connectivity index (χ0) is 29.8. The van der Waals surface area contributed by atoms with Crippen LogP contribution in [0.5, 0.6) is 0 Å². The normalized spacial score (nSPS) is 11.6. The number of hydrogen-bond donors (Lipinski definition) is 1. The predicted molar refractivity (Wildman–Crippen MR) is 161 cm³/mol. The monoisotopic (exact) mass is 599 g/mol. The molecule has 0 aliphatic heterocycles. The molecule has 1 atom stereocenters. The number of amides is 1. The molecule has 0 radical (unpaired) electrons. The fourth-order valence-electron chi connectivity index (χ4n) is 4.44. The number of hydrogen-bond acceptors (Lipinski definition) is 8. The fraction of sp³-hybridized carbons (Fsp3) is 0.806. The summed E-state index contributed by atoms with van der Waals surface area (Å²) in [6, 6.07) is 0. The fourth-order valence-corrected chi connectivity index (χ4v) is 5.07. The highest BCUT2D eigenvalue weighted by molar-refractivity contribution is 7.07. The van der Waals surface area contributed by atoms with Gasteiger partial charge in [0.25, 0.3) is 0 Å². The van der Waals surface area contributed by atoms with Crippen molar-refractivity contribution in [3.63, 3.8) is 0 Å². The molecule has 9 nitrogen and oxygen atoms in total. The van der Waals surface area contributed by atoms with Gasteiger partial charge in [0.1, 0.15) is 19.8 Å². The highest BCUT2D eigenvalue weighted by Gasteiger charge is 2.20. The third kappa shape index (κ3) is 23.0. The minimum atomic E-state index is -0.945. The Morgan fingerprint density at radius 1 is 0.780 bits per heavy atom. The molecule has 0 bridgehead atoms. The molecule has 0 fully saturated rings. The van der Waals surface area contributed by atoms with E-state index in [2.05, 4.69) is 17.0 Å². The average Bonchev–Trinajstić information content (AvgIpc) is 3.49. The summed E-state index contributed by atoms with van der Waals surface area (Å²) in [5.74, 6) is -0.410. The Balaban J connectivity index is 2.00. The van der Waals surface area contributed by atoms with Crippen molar-refractivity contribution >= 4 is 29.6 Å². The lowest BCUT2D eigenvalue weighted by Crippen LogP contribution is -2.34. The van der Waals surface area contributed by atoms with E-state index in [-0.39, 0.29) is 19.6 Å². The maximum Gasteiger partial charge on any atom is 0.508 e. The number of ether oxygens (including phenoxy) is 4. The molecule has 41 heavy (non-hydrogen) atoms. The number of nitrogens with one attached hydrogen (secondary N) is 1. The maximum absolute atomic E-state index is 12.0. The number of carbonyl (C=O) groups excluding carboxylic acids is 3. The van der Waals surface area contributed by atoms with Crippen LogP contribution in [-0.2, 0) is 30.3 Å². The molecule has 1 aromatic heterocycles. The summed E-state index contributed by atoms with van der Waals surface area (Å²) in [7, 11) is 1.18. The molecular weight excluding hydrogens is 544 g/mol. The first-order chi connectivity index (χ1) is 20.0. The number of aromatic nitrogens is 1. The van der Waals surface area contributed by atoms with Gasteiger partial charge in [-0.25, -0.2) is 9.59 Å². The van der Waals surface area contributed by atoms with Crippen molar-refractivity contribution in [2.24, 2.45) is 0 Å². The van der Waals surface area contributed by atoms with Crippen molar-refractivity contribution in [1.82, 2.24) is 5.32 Å². The SMILES string of the molecule is CCCCCCCCCCCCCCCCCCNC(=O)OC[C@H](COC(=O)CCC[n+]1ccsc1)OC(=O)OC. The van der Waals surface area contributed by atoms with Crippen molar-refractivity contribution in [2.45, 2.75) is 135 Å². The lowest BCUT2D eigenvalue weighted by atomic mass is 10.0. The van der Waals surface area contributed by atoms with Crippen LogP contribution < -0.4 is 9.88 Å². The summed E-state index contributed by atoms with van der Waals surface area (Å²) < 4.78 is 21.9. The number of nitrogens with zero attached hydrogens (tertiary/aromatic N) is 1. The molecule has 10 heteroatoms. The maximum atomic E-state index is 12.0. The van der Waals surface area contributed by atoms with Crippen molar-refractivity contribution in [3.05, 3.63) is 17.1 Å². The standard InChI is InChI=1S/C31H54N2O7S/c1-3-4-5-6-7-8-9-10-11-12-13-14-15-16-17-18-21-32-30(35)39-26-28(40-31(36)37-2)25-38-29(34)20-19-22-33-23-24-41-27-33/h23-24,27-28H,3-22,25-26H2,1-2H3/p+1/t28-/m0/s1. The van der Waals surface area contributed by atoms with Crippen molar-refractivity contribution in [3.8, 4) is 0 Å². The van der Waals surface area contributed by atoms with Crippen molar-refractivity contribution < 1.29 is 37.9 Å². The molecular formula is C31H55N2O7S+. The smallest absolute Gasteiger partial charge is 0.462 e. The minimum absolute atomic E-state index is 0.216. The Labute approximate surface area is 251 Å². The topological polar surface area (TPSA) is 104 Å². The minimum Gasteiger partial charge on any atom is -0.462 e. The number of carbonyl (C=O) groups is 3. The number of esters is 1. The molecule has 0 aliphatic carbocycles. The van der Waals surface area contributed by atoms with Crippen LogP contribution in [0.15, 0.2) is 17.1 Å². The number of rotatable bonds is 26. The molecule has 0 aliphatic rings. The summed E-state index contributed by atoms with van der Waals surface area (Å²) in [4.78, 5) is 35.6. The Morgan fingerprint density at radius 3 is 1.88 bits per heavy atom. The quantitative estimate of drug-likeness (QED) is 0.0509. The van der Waals surface area contributed by atoms with E-state index in [1.54, 1.807) is 11.3 Å². The largest absolute Gasteiger partial charge is 0.508 e. The third-order valence-electron chi connectivity index (χ3n) is 6.88. The van der Waals surface area contributed by atoms with E-state index in [4.69, 9.17) is 14.2 Å². The summed E-state index contributed by atoms with van der Waals surface area (Å²) in [6.07, 6.45) is 21.1. The molecule has 0 aromatic carbocycles. The highest BCUT2D eigenvalue weighted by atomic mass is 32.1. The van der Waals surface area contributed by atoms with E-state index in [0.717, 1.165) is 12.8 Å². The highest BCUT2D eigenvalue weighted by Crippen LogP contribution is 2.13. The van der Waals surface area contributed by atoms with Crippen LogP contribution in [0.25, 0.3) is 0 Å². The zero-order valence-electron chi connectivity index (χ0n) is 25.6. The van der Waals surface area contributed by atoms with Gasteiger partial charge in [-0.2, -0.15) is 4.57 Å². The molecule has 1 N–H and O–H groups in total. The second kappa shape index (κ2) is 26.5. The van der Waals surface area contributed by atoms with Gasteiger partial charge in [-0.1, -0.05) is 115 Å². The first-order valence-corrected chi connectivity index (χ1v) is 16.7. The van der Waals surface area contributed by atoms with Crippen LogP contribution in [0.2, 0.25) is 0 Å². The Kier molecular flexibility index (Phi) is 23.7. The van der Waals surface area contributed by atoms with Gasteiger partial charge in [0.15, 0.2) is 12.3 Å². The van der Waals surface area contributed by atoms with Gasteiger partial charge in [0, 0.05) is 13.0 Å². The molecule has 1 heterocycles. The van der Waals surface area contributed by atoms with Gasteiger partial charge in [0.05, 0.1) is 18.9 Å². The lowest BCUT2D eigenvalue weighted by molar-refractivity contribution is -0.692. The van der Waals surface area contributed by atoms with Crippen LogP contribution in [0, 0.1) is 0 Å². The Hall–Kier alpha value is -2.36. The van der Waals surface area contributed by atoms with E-state index in [9.17, 15) is 14.4 Å². The van der Waals surface area contributed by atoms with Gasteiger partial charge in [0.2, 0.25) is 5.51 Å². The van der Waals surface area contributed by atoms with Gasteiger partial charge >= 0.3 is 18.2 Å². The van der Waals surface area contributed by atoms with Crippen LogP contribution in [0.3, 0.4) is 0 Å². The number of methoxy groups -OCH3 is 1. The zero-order valence-corrected chi connectivity index (χ0v) is 26.4. The second-order valence-electron chi connectivity index (χ2n) is 10.6. The van der Waals surface area contributed by atoms with Crippen LogP contribution in [0.1, 0.15) is 122 Å². The van der Waals surface area contributed by atoms with E-state index in [1.165, 1.54) is 97.0 Å². The van der Waals surface area contributed by atoms with Crippen LogP contribution in [0.4, 0.5) is 9.59 Å². The molecule has 0 unspecified atom stereocenters. The second-order valence-corrected chi connectivity index (χ2v) is 11.3. The molecule has 1 rings (SSSR count). The van der Waals surface area contributed by atoms with E-state index in [1.807, 2.05) is 21.7 Å². The molecule has 1 amide bonds. The number of alkyl carbamates (subject to hydrolysis) is 1. The summed E-state index contributed by atoms with van der Waals surface area (Å²) in [6.45, 7) is 3.05. The van der Waals surface area contributed by atoms with Crippen molar-refractivity contribution in [1.29, 1.82) is 0 Å². The van der Waals surface area contributed by atoms with Crippen LogP contribution >= 0.6 is 11.3 Å². The predicted octanol–water partition coefficient (Wildman–Crippen LogP) is 7.50. The Morgan fingerprint density at radius 2 is 1.34 bits per heavy atom. The number of thiazole rings is 1. The van der Waals surface area contributed by atoms with E-state index >= 15 is 0 Å². The first-order valence-electron chi connectivity index (χ1n) is 15.8. The van der Waals surface area contributed by atoms with Crippen LogP contribution in [-0.4, -0.2) is 51.2 Å². The molecule has 0 saturated carbocycles. The third-order valence-corrected chi connectivity index (χ3v) is 7.56. The number of unbranched alkanes of at least 4 members (excludes halogenated alkanes) is 15. The summed E-state index contributed by atoms with van der Waals surface area (Å²) >= 11 is 1.58. The van der Waals surface area contributed by atoms with Gasteiger partial charge < -0.3 is 24.3 Å².